The van der Waals surface area contributed by atoms with Crippen molar-refractivity contribution in [3.63, 3.8) is 0 Å². The Morgan fingerprint density at radius 3 is 2.64 bits per heavy atom. The van der Waals surface area contributed by atoms with E-state index in [1.807, 2.05) is 19.1 Å². The Morgan fingerprint density at radius 1 is 1.36 bits per heavy atom. The summed E-state index contributed by atoms with van der Waals surface area (Å²) in [7, 11) is 0. The van der Waals surface area contributed by atoms with Gasteiger partial charge in [0, 0.05) is 0 Å². The monoisotopic (exact) mass is 148 g/mol. The maximum Gasteiger partial charge on any atom is 0.129 e. The minimum absolute atomic E-state index is 0.880. The SMILES string of the molecule is C=COc1ccc(C)cc1C. The van der Waals surface area contributed by atoms with Crippen molar-refractivity contribution in [2.45, 2.75) is 13.8 Å². The average molecular weight is 148 g/mol. The molecule has 1 nitrogen and oxygen atoms in total. The fraction of sp³-hybridized carbons (Fsp3) is 0.200. The van der Waals surface area contributed by atoms with E-state index >= 15 is 0 Å². The number of hydrogen-bond donors (Lipinski definition) is 0. The highest BCUT2D eigenvalue weighted by Gasteiger charge is 1.95. The Morgan fingerprint density at radius 2 is 2.09 bits per heavy atom. The molecule has 1 aromatic carbocycles. The van der Waals surface area contributed by atoms with Crippen molar-refractivity contribution < 1.29 is 4.74 Å². The molecule has 0 aliphatic carbocycles. The Balaban J connectivity index is 2.98. The smallest absolute Gasteiger partial charge is 0.129 e. The first-order valence-corrected chi connectivity index (χ1v) is 3.59. The summed E-state index contributed by atoms with van der Waals surface area (Å²) in [5, 5.41) is 0. The lowest BCUT2D eigenvalue weighted by Gasteiger charge is -2.03. The third-order valence-corrected chi connectivity index (χ3v) is 1.54. The standard InChI is InChI=1S/C10H12O/c1-4-11-10-6-5-8(2)7-9(10)3/h4-7H,1H2,2-3H3. The van der Waals surface area contributed by atoms with Crippen molar-refractivity contribution in [1.29, 1.82) is 0 Å². The maximum atomic E-state index is 5.16. The molecule has 0 saturated heterocycles. The van der Waals surface area contributed by atoms with Gasteiger partial charge < -0.3 is 4.74 Å². The van der Waals surface area contributed by atoms with E-state index in [0.717, 1.165) is 11.3 Å². The Bertz CT molecular complexity index is 264. The Labute approximate surface area is 67.3 Å². The highest BCUT2D eigenvalue weighted by atomic mass is 16.5. The van der Waals surface area contributed by atoms with Gasteiger partial charge in [0.2, 0.25) is 0 Å². The molecule has 58 valence electrons. The van der Waals surface area contributed by atoms with Crippen molar-refractivity contribution in [3.8, 4) is 5.75 Å². The number of ether oxygens (including phenoxy) is 1. The molecule has 0 radical (unpaired) electrons. The number of benzene rings is 1. The molecule has 0 aliphatic heterocycles. The molecular formula is C10H12O. The minimum atomic E-state index is 0.880. The number of rotatable bonds is 2. The van der Waals surface area contributed by atoms with Crippen LogP contribution in [0, 0.1) is 13.8 Å². The molecule has 0 aliphatic rings. The summed E-state index contributed by atoms with van der Waals surface area (Å²) in [6, 6.07) is 6.05. The summed E-state index contributed by atoms with van der Waals surface area (Å²) < 4.78 is 5.16. The van der Waals surface area contributed by atoms with Gasteiger partial charge in [-0.25, -0.2) is 0 Å². The van der Waals surface area contributed by atoms with E-state index in [0.29, 0.717) is 0 Å². The summed E-state index contributed by atoms with van der Waals surface area (Å²) in [4.78, 5) is 0. The fourth-order valence-corrected chi connectivity index (χ4v) is 1.02. The summed E-state index contributed by atoms with van der Waals surface area (Å²) in [6.07, 6.45) is 1.44. The summed E-state index contributed by atoms with van der Waals surface area (Å²) in [5.41, 5.74) is 2.39. The lowest BCUT2D eigenvalue weighted by atomic mass is 10.1. The predicted molar refractivity (Wildman–Crippen MR) is 46.7 cm³/mol. The van der Waals surface area contributed by atoms with Crippen molar-refractivity contribution in [2.75, 3.05) is 0 Å². The Kier molecular flexibility index (Phi) is 2.32. The first-order valence-electron chi connectivity index (χ1n) is 3.59. The zero-order chi connectivity index (χ0) is 8.27. The van der Waals surface area contributed by atoms with Crippen LogP contribution in [-0.2, 0) is 0 Å². The van der Waals surface area contributed by atoms with Gasteiger partial charge in [-0.3, -0.25) is 0 Å². The van der Waals surface area contributed by atoms with E-state index in [1.165, 1.54) is 11.8 Å². The third-order valence-electron chi connectivity index (χ3n) is 1.54. The van der Waals surface area contributed by atoms with Crippen molar-refractivity contribution >= 4 is 0 Å². The molecule has 1 heteroatoms. The van der Waals surface area contributed by atoms with Crippen LogP contribution in [0.25, 0.3) is 0 Å². The molecule has 1 aromatic rings. The van der Waals surface area contributed by atoms with Gasteiger partial charge >= 0.3 is 0 Å². The fourth-order valence-electron chi connectivity index (χ4n) is 1.02. The summed E-state index contributed by atoms with van der Waals surface area (Å²) >= 11 is 0. The first-order chi connectivity index (χ1) is 5.24. The largest absolute Gasteiger partial charge is 0.465 e. The molecule has 0 fully saturated rings. The molecule has 0 unspecified atom stereocenters. The molecule has 0 atom stereocenters. The molecular weight excluding hydrogens is 136 g/mol. The topological polar surface area (TPSA) is 9.23 Å². The second kappa shape index (κ2) is 3.24. The molecule has 0 bridgehead atoms. The van der Waals surface area contributed by atoms with Gasteiger partial charge in [-0.1, -0.05) is 24.3 Å². The third kappa shape index (κ3) is 1.84. The van der Waals surface area contributed by atoms with Gasteiger partial charge in [-0.15, -0.1) is 0 Å². The quantitative estimate of drug-likeness (QED) is 0.586. The highest BCUT2D eigenvalue weighted by Crippen LogP contribution is 2.18. The highest BCUT2D eigenvalue weighted by molar-refractivity contribution is 5.35. The van der Waals surface area contributed by atoms with Crippen LogP contribution in [0.1, 0.15) is 11.1 Å². The van der Waals surface area contributed by atoms with E-state index in [1.54, 1.807) is 0 Å². The number of hydrogen-bond acceptors (Lipinski definition) is 1. The lowest BCUT2D eigenvalue weighted by Crippen LogP contribution is -1.85. The van der Waals surface area contributed by atoms with E-state index in [2.05, 4.69) is 19.6 Å². The van der Waals surface area contributed by atoms with E-state index < -0.39 is 0 Å². The van der Waals surface area contributed by atoms with E-state index in [4.69, 9.17) is 4.74 Å². The first kappa shape index (κ1) is 7.86. The average Bonchev–Trinajstić information content (AvgIpc) is 1.95. The van der Waals surface area contributed by atoms with Crippen LogP contribution in [0.4, 0.5) is 0 Å². The van der Waals surface area contributed by atoms with Crippen LogP contribution >= 0.6 is 0 Å². The molecule has 0 saturated carbocycles. The predicted octanol–water partition coefficient (Wildman–Crippen LogP) is 2.83. The summed E-state index contributed by atoms with van der Waals surface area (Å²) in [5.74, 6) is 0.880. The second-order valence-corrected chi connectivity index (χ2v) is 2.55. The second-order valence-electron chi connectivity index (χ2n) is 2.55. The molecule has 0 heterocycles. The van der Waals surface area contributed by atoms with E-state index in [9.17, 15) is 0 Å². The Hall–Kier alpha value is -1.24. The van der Waals surface area contributed by atoms with Crippen LogP contribution < -0.4 is 4.74 Å². The molecule has 11 heavy (non-hydrogen) atoms. The molecule has 0 aromatic heterocycles. The lowest BCUT2D eigenvalue weighted by molar-refractivity contribution is 0.479. The molecule has 0 amide bonds. The van der Waals surface area contributed by atoms with Crippen molar-refractivity contribution in [3.05, 3.63) is 42.2 Å². The van der Waals surface area contributed by atoms with Gasteiger partial charge in [0.1, 0.15) is 5.75 Å². The van der Waals surface area contributed by atoms with Gasteiger partial charge in [0.15, 0.2) is 0 Å². The van der Waals surface area contributed by atoms with Crippen LogP contribution in [0.3, 0.4) is 0 Å². The van der Waals surface area contributed by atoms with Gasteiger partial charge in [0.25, 0.3) is 0 Å². The zero-order valence-corrected chi connectivity index (χ0v) is 6.92. The van der Waals surface area contributed by atoms with Crippen LogP contribution in [-0.4, -0.2) is 0 Å². The molecule has 1 rings (SSSR count). The zero-order valence-electron chi connectivity index (χ0n) is 6.92. The minimum Gasteiger partial charge on any atom is -0.465 e. The maximum absolute atomic E-state index is 5.16. The van der Waals surface area contributed by atoms with Gasteiger partial charge in [-0.05, 0) is 25.5 Å². The molecule has 0 N–H and O–H groups in total. The van der Waals surface area contributed by atoms with Crippen LogP contribution in [0.5, 0.6) is 5.75 Å². The van der Waals surface area contributed by atoms with Crippen molar-refractivity contribution in [2.24, 2.45) is 0 Å². The summed E-state index contributed by atoms with van der Waals surface area (Å²) in [6.45, 7) is 7.58. The molecule has 0 spiro atoms. The normalized spacial score (nSPS) is 9.27. The number of aryl methyl sites for hydroxylation is 2. The van der Waals surface area contributed by atoms with Crippen molar-refractivity contribution in [1.82, 2.24) is 0 Å². The van der Waals surface area contributed by atoms with Gasteiger partial charge in [0.05, 0.1) is 6.26 Å². The van der Waals surface area contributed by atoms with Crippen LogP contribution in [0.2, 0.25) is 0 Å². The van der Waals surface area contributed by atoms with Gasteiger partial charge in [-0.2, -0.15) is 0 Å². The van der Waals surface area contributed by atoms with E-state index in [-0.39, 0.29) is 0 Å². The van der Waals surface area contributed by atoms with Crippen LogP contribution in [0.15, 0.2) is 31.0 Å².